The number of halogens is 1. The summed E-state index contributed by atoms with van der Waals surface area (Å²) in [5.74, 6) is 0.854. The second kappa shape index (κ2) is 10.5. The van der Waals surface area contributed by atoms with Crippen LogP contribution in [0.4, 0.5) is 0 Å². The van der Waals surface area contributed by atoms with Crippen molar-refractivity contribution in [3.8, 4) is 0 Å². The molecule has 28 heavy (non-hydrogen) atoms. The lowest BCUT2D eigenvalue weighted by Gasteiger charge is -2.42. The summed E-state index contributed by atoms with van der Waals surface area (Å²) in [6.45, 7) is 10.5. The van der Waals surface area contributed by atoms with Crippen LogP contribution >= 0.6 is 35.3 Å². The number of thiazole rings is 1. The first-order valence-electron chi connectivity index (χ1n) is 9.65. The fourth-order valence-corrected chi connectivity index (χ4v) is 4.12. The Balaban J connectivity index is 0.00000280. The minimum absolute atomic E-state index is 0. The zero-order chi connectivity index (χ0) is 19.3. The second-order valence-electron chi connectivity index (χ2n) is 7.71. The molecule has 0 fully saturated rings. The molecule has 1 aromatic carbocycles. The lowest BCUT2D eigenvalue weighted by Crippen LogP contribution is -2.54. The van der Waals surface area contributed by atoms with Gasteiger partial charge < -0.3 is 10.6 Å². The summed E-state index contributed by atoms with van der Waals surface area (Å²) >= 11 is 1.70. The van der Waals surface area contributed by atoms with Crippen molar-refractivity contribution in [2.45, 2.75) is 45.7 Å². The molecule has 0 saturated carbocycles. The summed E-state index contributed by atoms with van der Waals surface area (Å²) in [5, 5.41) is 10.2. The van der Waals surface area contributed by atoms with Gasteiger partial charge in [0, 0.05) is 50.6 Å². The predicted molar refractivity (Wildman–Crippen MR) is 130 cm³/mol. The van der Waals surface area contributed by atoms with Crippen molar-refractivity contribution in [3.63, 3.8) is 0 Å². The maximum absolute atomic E-state index is 4.51. The fraction of sp³-hybridized carbons (Fsp3) is 0.524. The minimum Gasteiger partial charge on any atom is -0.356 e. The van der Waals surface area contributed by atoms with Crippen LogP contribution in [0.1, 0.15) is 35.7 Å². The van der Waals surface area contributed by atoms with E-state index < -0.39 is 0 Å². The zero-order valence-corrected chi connectivity index (χ0v) is 20.4. The number of guanidine groups is 1. The highest BCUT2D eigenvalue weighted by Gasteiger charge is 2.29. The van der Waals surface area contributed by atoms with Crippen molar-refractivity contribution >= 4 is 41.3 Å². The van der Waals surface area contributed by atoms with E-state index in [-0.39, 0.29) is 29.5 Å². The lowest BCUT2D eigenvalue weighted by molar-refractivity contribution is 0.107. The Morgan fingerprint density at radius 1 is 1.25 bits per heavy atom. The molecule has 2 N–H and O–H groups in total. The van der Waals surface area contributed by atoms with Crippen molar-refractivity contribution in [2.75, 3.05) is 26.7 Å². The Kier molecular flexibility index (Phi) is 8.70. The largest absolute Gasteiger partial charge is 0.356 e. The van der Waals surface area contributed by atoms with Crippen LogP contribution in [0.2, 0.25) is 0 Å². The van der Waals surface area contributed by atoms with E-state index in [2.05, 4.69) is 69.0 Å². The van der Waals surface area contributed by atoms with E-state index in [0.29, 0.717) is 0 Å². The van der Waals surface area contributed by atoms with Gasteiger partial charge in [-0.25, -0.2) is 4.98 Å². The van der Waals surface area contributed by atoms with Crippen LogP contribution in [0.5, 0.6) is 0 Å². The molecule has 5 nitrogen and oxygen atoms in total. The molecule has 0 amide bonds. The third-order valence-corrected chi connectivity index (χ3v) is 6.06. The van der Waals surface area contributed by atoms with Gasteiger partial charge in [0.1, 0.15) is 0 Å². The van der Waals surface area contributed by atoms with Crippen LogP contribution in [-0.2, 0) is 19.4 Å². The maximum atomic E-state index is 4.51. The van der Waals surface area contributed by atoms with E-state index in [1.165, 1.54) is 11.1 Å². The Morgan fingerprint density at radius 3 is 2.68 bits per heavy atom. The summed E-state index contributed by atoms with van der Waals surface area (Å²) < 4.78 is 0. The number of aryl methyl sites for hydroxylation is 1. The molecule has 1 aliphatic heterocycles. The van der Waals surface area contributed by atoms with Gasteiger partial charge in [-0.05, 0) is 38.3 Å². The summed E-state index contributed by atoms with van der Waals surface area (Å²) in [5.41, 5.74) is 4.15. The smallest absolute Gasteiger partial charge is 0.191 e. The molecule has 2 heterocycles. The SMILES string of the molecule is CN=C(NCCc1csc(C)n1)NCC(C)(C)N1CCc2ccccc2C1.I. The fourth-order valence-electron chi connectivity index (χ4n) is 3.48. The summed E-state index contributed by atoms with van der Waals surface area (Å²) in [6.07, 6.45) is 2.04. The van der Waals surface area contributed by atoms with E-state index in [4.69, 9.17) is 0 Å². The average Bonchev–Trinajstić information content (AvgIpc) is 3.09. The molecule has 2 aromatic rings. The Hall–Kier alpha value is -1.19. The van der Waals surface area contributed by atoms with E-state index in [1.807, 2.05) is 14.0 Å². The Labute approximate surface area is 190 Å². The van der Waals surface area contributed by atoms with Crippen LogP contribution in [-0.4, -0.2) is 48.1 Å². The number of hydrogen-bond acceptors (Lipinski definition) is 4. The number of nitrogens with zero attached hydrogens (tertiary/aromatic N) is 3. The van der Waals surface area contributed by atoms with Gasteiger partial charge in [-0.15, -0.1) is 35.3 Å². The average molecular weight is 513 g/mol. The zero-order valence-electron chi connectivity index (χ0n) is 17.3. The molecule has 0 atom stereocenters. The van der Waals surface area contributed by atoms with Crippen LogP contribution in [0.3, 0.4) is 0 Å². The molecule has 7 heteroatoms. The van der Waals surface area contributed by atoms with Gasteiger partial charge in [-0.2, -0.15) is 0 Å². The highest BCUT2D eigenvalue weighted by Crippen LogP contribution is 2.24. The monoisotopic (exact) mass is 513 g/mol. The standard InChI is InChI=1S/C21H31N5S.HI/c1-16-25-19(14-27-16)9-11-23-20(22-4)24-15-21(2,3)26-12-10-17-7-5-6-8-18(17)13-26;/h5-8,14H,9-13,15H2,1-4H3,(H2,22,23,24);1H. The van der Waals surface area contributed by atoms with Gasteiger partial charge in [0.05, 0.1) is 10.7 Å². The molecule has 0 bridgehead atoms. The summed E-state index contributed by atoms with van der Waals surface area (Å²) in [6, 6.07) is 8.80. The number of nitrogens with one attached hydrogen (secondary N) is 2. The topological polar surface area (TPSA) is 52.6 Å². The van der Waals surface area contributed by atoms with Gasteiger partial charge in [0.25, 0.3) is 0 Å². The van der Waals surface area contributed by atoms with E-state index in [9.17, 15) is 0 Å². The Bertz CT molecular complexity index is 787. The van der Waals surface area contributed by atoms with Gasteiger partial charge in [-0.3, -0.25) is 9.89 Å². The number of aromatic nitrogens is 1. The quantitative estimate of drug-likeness (QED) is 0.352. The third-order valence-electron chi connectivity index (χ3n) is 5.24. The number of aliphatic imine (C=N–C) groups is 1. The molecule has 1 aliphatic rings. The first-order chi connectivity index (χ1) is 13.0. The third kappa shape index (κ3) is 6.15. The minimum atomic E-state index is 0. The van der Waals surface area contributed by atoms with Crippen molar-refractivity contribution in [2.24, 2.45) is 4.99 Å². The highest BCUT2D eigenvalue weighted by molar-refractivity contribution is 14.0. The molecule has 0 unspecified atom stereocenters. The number of fused-ring (bicyclic) bond motifs is 1. The van der Waals surface area contributed by atoms with Crippen molar-refractivity contribution in [1.29, 1.82) is 0 Å². The molecular weight excluding hydrogens is 481 g/mol. The van der Waals surface area contributed by atoms with E-state index >= 15 is 0 Å². The molecule has 0 spiro atoms. The number of hydrogen-bond donors (Lipinski definition) is 2. The first kappa shape index (κ1) is 23.1. The van der Waals surface area contributed by atoms with Gasteiger partial charge in [0.2, 0.25) is 0 Å². The molecule has 3 rings (SSSR count). The first-order valence-corrected chi connectivity index (χ1v) is 10.5. The molecule has 0 saturated heterocycles. The van der Waals surface area contributed by atoms with Crippen molar-refractivity contribution in [1.82, 2.24) is 20.5 Å². The molecule has 0 radical (unpaired) electrons. The lowest BCUT2D eigenvalue weighted by atomic mass is 9.94. The summed E-state index contributed by atoms with van der Waals surface area (Å²) in [7, 11) is 1.83. The van der Waals surface area contributed by atoms with Crippen LogP contribution in [0.25, 0.3) is 0 Å². The molecular formula is C21H32IN5S. The number of rotatable bonds is 6. The van der Waals surface area contributed by atoms with Crippen molar-refractivity contribution in [3.05, 3.63) is 51.5 Å². The highest BCUT2D eigenvalue weighted by atomic mass is 127. The molecule has 154 valence electrons. The molecule has 1 aromatic heterocycles. The normalized spacial score (nSPS) is 14.9. The summed E-state index contributed by atoms with van der Waals surface area (Å²) in [4.78, 5) is 11.4. The van der Waals surface area contributed by atoms with E-state index in [1.54, 1.807) is 11.3 Å². The molecule has 0 aliphatic carbocycles. The van der Waals surface area contributed by atoms with Crippen LogP contribution < -0.4 is 10.6 Å². The van der Waals surface area contributed by atoms with E-state index in [0.717, 1.165) is 55.7 Å². The number of benzene rings is 1. The van der Waals surface area contributed by atoms with Gasteiger partial charge in [0.15, 0.2) is 5.96 Å². The second-order valence-corrected chi connectivity index (χ2v) is 8.78. The van der Waals surface area contributed by atoms with Gasteiger partial charge in [-0.1, -0.05) is 24.3 Å². The van der Waals surface area contributed by atoms with Crippen molar-refractivity contribution < 1.29 is 0 Å². The predicted octanol–water partition coefficient (Wildman–Crippen LogP) is 3.61. The van der Waals surface area contributed by atoms with Crippen LogP contribution in [0, 0.1) is 6.92 Å². The maximum Gasteiger partial charge on any atom is 0.191 e. The Morgan fingerprint density at radius 2 is 2.00 bits per heavy atom. The van der Waals surface area contributed by atoms with Gasteiger partial charge >= 0.3 is 0 Å². The van der Waals surface area contributed by atoms with Crippen LogP contribution in [0.15, 0.2) is 34.6 Å².